The Morgan fingerprint density at radius 2 is 2.23 bits per heavy atom. The van der Waals surface area contributed by atoms with Crippen molar-refractivity contribution < 1.29 is 9.15 Å². The Bertz CT molecular complexity index is 1140. The van der Waals surface area contributed by atoms with Gasteiger partial charge in [0.15, 0.2) is 5.82 Å². The van der Waals surface area contributed by atoms with Crippen LogP contribution in [0, 0.1) is 6.92 Å². The summed E-state index contributed by atoms with van der Waals surface area (Å²) in [5.74, 6) is 2.87. The highest BCUT2D eigenvalue weighted by atomic mass is 16.5. The van der Waals surface area contributed by atoms with Crippen molar-refractivity contribution in [3.63, 3.8) is 0 Å². The van der Waals surface area contributed by atoms with Crippen molar-refractivity contribution in [2.45, 2.75) is 57.7 Å². The number of imidazole rings is 1. The number of hydrogen-bond donors (Lipinski definition) is 2. The highest BCUT2D eigenvalue weighted by Gasteiger charge is 2.26. The Kier molecular flexibility index (Phi) is 5.42. The van der Waals surface area contributed by atoms with Crippen LogP contribution in [0.25, 0.3) is 11.0 Å². The summed E-state index contributed by atoms with van der Waals surface area (Å²) in [4.78, 5) is 7.47. The first kappa shape index (κ1) is 19.7. The van der Waals surface area contributed by atoms with E-state index in [0.717, 1.165) is 59.9 Å². The summed E-state index contributed by atoms with van der Waals surface area (Å²) in [6.07, 6.45) is 4.77. The number of ether oxygens (including phenoxy) is 1. The molecule has 1 saturated heterocycles. The minimum atomic E-state index is -0.0998. The van der Waals surface area contributed by atoms with E-state index < -0.39 is 0 Å². The molecule has 2 N–H and O–H groups in total. The fourth-order valence-corrected chi connectivity index (χ4v) is 4.22. The molecule has 9 heteroatoms. The summed E-state index contributed by atoms with van der Waals surface area (Å²) in [5.41, 5.74) is 2.90. The van der Waals surface area contributed by atoms with Crippen LogP contribution in [0.2, 0.25) is 0 Å². The molecular formula is C22H27N7O2. The van der Waals surface area contributed by atoms with Gasteiger partial charge in [-0.15, -0.1) is 5.10 Å². The van der Waals surface area contributed by atoms with Gasteiger partial charge in [-0.3, -0.25) is 0 Å². The molecule has 5 rings (SSSR count). The molecule has 1 aliphatic rings. The fraction of sp³-hybridized carbons (Fsp3) is 0.455. The van der Waals surface area contributed by atoms with Gasteiger partial charge >= 0.3 is 0 Å². The second kappa shape index (κ2) is 8.50. The third-order valence-electron chi connectivity index (χ3n) is 5.87. The van der Waals surface area contributed by atoms with Crippen LogP contribution in [0.4, 0.5) is 5.69 Å². The summed E-state index contributed by atoms with van der Waals surface area (Å²) >= 11 is 0. The lowest BCUT2D eigenvalue weighted by Crippen LogP contribution is -2.23. The van der Waals surface area contributed by atoms with E-state index in [-0.39, 0.29) is 18.1 Å². The molecule has 9 nitrogen and oxygen atoms in total. The van der Waals surface area contributed by atoms with Crippen LogP contribution in [-0.2, 0) is 11.3 Å². The predicted molar refractivity (Wildman–Crippen MR) is 116 cm³/mol. The maximum Gasteiger partial charge on any atom is 0.173 e. The standard InChI is InChI=1S/C22H27N7O2/c1-14(21-8-5-15(2)31-21)10-20(25-16-6-7-18-19(11-16)24-13-23-18)22-26-27-28-29(22)12-17-4-3-9-30-17/h5-8,11,13-14,17,20,25H,3-4,9-10,12H2,1-2H3,(H,23,24). The number of aromatic amines is 1. The molecule has 162 valence electrons. The number of furan rings is 1. The van der Waals surface area contributed by atoms with Crippen molar-refractivity contribution >= 4 is 16.7 Å². The number of tetrazole rings is 1. The van der Waals surface area contributed by atoms with Gasteiger partial charge in [-0.05, 0) is 66.9 Å². The second-order valence-electron chi connectivity index (χ2n) is 8.27. The number of hydrogen-bond acceptors (Lipinski definition) is 7. The van der Waals surface area contributed by atoms with Crippen molar-refractivity contribution in [2.24, 2.45) is 0 Å². The zero-order chi connectivity index (χ0) is 21.2. The van der Waals surface area contributed by atoms with Crippen LogP contribution in [0.15, 0.2) is 41.1 Å². The lowest BCUT2D eigenvalue weighted by Gasteiger charge is -2.22. The molecular weight excluding hydrogens is 394 g/mol. The molecule has 4 aromatic rings. The van der Waals surface area contributed by atoms with Crippen LogP contribution in [0.5, 0.6) is 0 Å². The molecule has 3 atom stereocenters. The molecule has 1 fully saturated rings. The summed E-state index contributed by atoms with van der Waals surface area (Å²) in [7, 11) is 0. The minimum absolute atomic E-state index is 0.0998. The van der Waals surface area contributed by atoms with E-state index in [1.807, 2.05) is 35.9 Å². The first-order valence-corrected chi connectivity index (χ1v) is 10.8. The van der Waals surface area contributed by atoms with Gasteiger partial charge in [0.05, 0.1) is 36.1 Å². The van der Waals surface area contributed by atoms with Crippen molar-refractivity contribution in [2.75, 3.05) is 11.9 Å². The van der Waals surface area contributed by atoms with Gasteiger partial charge in [-0.25, -0.2) is 9.67 Å². The average Bonchev–Trinajstić information content (AvgIpc) is 3.55. The summed E-state index contributed by atoms with van der Waals surface area (Å²) in [6.45, 7) is 5.60. The number of nitrogens with zero attached hydrogens (tertiary/aromatic N) is 5. The molecule has 3 unspecified atom stereocenters. The molecule has 0 saturated carbocycles. The van der Waals surface area contributed by atoms with E-state index in [1.54, 1.807) is 6.33 Å². The molecule has 0 radical (unpaired) electrons. The third-order valence-corrected chi connectivity index (χ3v) is 5.87. The SMILES string of the molecule is Cc1ccc(C(C)CC(Nc2ccc3nc[nH]c3c2)c2nnnn2CC2CCCO2)o1. The van der Waals surface area contributed by atoms with Crippen molar-refractivity contribution in [3.8, 4) is 0 Å². The zero-order valence-corrected chi connectivity index (χ0v) is 17.8. The third kappa shape index (κ3) is 4.32. The Balaban J connectivity index is 1.42. The smallest absolute Gasteiger partial charge is 0.173 e. The lowest BCUT2D eigenvalue weighted by atomic mass is 9.98. The number of nitrogens with one attached hydrogen (secondary N) is 2. The first-order chi connectivity index (χ1) is 15.2. The van der Waals surface area contributed by atoms with Crippen molar-refractivity contribution in [3.05, 3.63) is 54.0 Å². The van der Waals surface area contributed by atoms with E-state index in [9.17, 15) is 0 Å². The van der Waals surface area contributed by atoms with E-state index in [4.69, 9.17) is 9.15 Å². The number of rotatable bonds is 8. The maximum absolute atomic E-state index is 5.88. The molecule has 31 heavy (non-hydrogen) atoms. The van der Waals surface area contributed by atoms with Crippen molar-refractivity contribution in [1.82, 2.24) is 30.2 Å². The van der Waals surface area contributed by atoms with Gasteiger partial charge in [-0.1, -0.05) is 6.92 Å². The van der Waals surface area contributed by atoms with Gasteiger partial charge in [0.2, 0.25) is 0 Å². The van der Waals surface area contributed by atoms with E-state index in [2.05, 4.69) is 43.8 Å². The van der Waals surface area contributed by atoms with E-state index >= 15 is 0 Å². The quantitative estimate of drug-likeness (QED) is 0.443. The number of H-pyrrole nitrogens is 1. The zero-order valence-electron chi connectivity index (χ0n) is 17.8. The number of aromatic nitrogens is 6. The molecule has 1 aromatic carbocycles. The number of anilines is 1. The number of aryl methyl sites for hydroxylation is 1. The van der Waals surface area contributed by atoms with Crippen LogP contribution < -0.4 is 5.32 Å². The van der Waals surface area contributed by atoms with Crippen LogP contribution in [-0.4, -0.2) is 42.9 Å². The summed E-state index contributed by atoms with van der Waals surface area (Å²) in [5, 5.41) is 16.3. The van der Waals surface area contributed by atoms with Gasteiger partial charge < -0.3 is 19.5 Å². The van der Waals surface area contributed by atoms with Crippen LogP contribution >= 0.6 is 0 Å². The largest absolute Gasteiger partial charge is 0.466 e. The van der Waals surface area contributed by atoms with Gasteiger partial charge in [0.25, 0.3) is 0 Å². The van der Waals surface area contributed by atoms with Gasteiger partial charge in [-0.2, -0.15) is 0 Å². The van der Waals surface area contributed by atoms with Crippen LogP contribution in [0.1, 0.15) is 55.5 Å². The highest BCUT2D eigenvalue weighted by Crippen LogP contribution is 2.31. The monoisotopic (exact) mass is 421 g/mol. The Labute approximate surface area is 180 Å². The molecule has 0 bridgehead atoms. The molecule has 0 spiro atoms. The van der Waals surface area contributed by atoms with Gasteiger partial charge in [0, 0.05) is 18.2 Å². The maximum atomic E-state index is 5.88. The van der Waals surface area contributed by atoms with Crippen molar-refractivity contribution in [1.29, 1.82) is 0 Å². The topological polar surface area (TPSA) is 107 Å². The lowest BCUT2D eigenvalue weighted by molar-refractivity contribution is 0.0923. The molecule has 4 heterocycles. The van der Waals surface area contributed by atoms with Gasteiger partial charge in [0.1, 0.15) is 11.5 Å². The first-order valence-electron chi connectivity index (χ1n) is 10.8. The summed E-state index contributed by atoms with van der Waals surface area (Å²) < 4.78 is 13.6. The molecule has 0 aliphatic carbocycles. The highest BCUT2D eigenvalue weighted by molar-refractivity contribution is 5.78. The molecule has 3 aromatic heterocycles. The van der Waals surface area contributed by atoms with E-state index in [1.165, 1.54) is 0 Å². The normalized spacial score (nSPS) is 18.5. The minimum Gasteiger partial charge on any atom is -0.466 e. The number of fused-ring (bicyclic) bond motifs is 1. The van der Waals surface area contributed by atoms with E-state index in [0.29, 0.717) is 6.54 Å². The predicted octanol–water partition coefficient (Wildman–Crippen LogP) is 3.98. The Morgan fingerprint density at radius 3 is 3.03 bits per heavy atom. The number of benzene rings is 1. The Hall–Kier alpha value is -3.20. The average molecular weight is 422 g/mol. The van der Waals surface area contributed by atoms with Crippen LogP contribution in [0.3, 0.4) is 0 Å². The molecule has 0 amide bonds. The Morgan fingerprint density at radius 1 is 1.29 bits per heavy atom. The molecule has 1 aliphatic heterocycles. The summed E-state index contributed by atoms with van der Waals surface area (Å²) in [6, 6.07) is 10.0. The fourth-order valence-electron chi connectivity index (χ4n) is 4.22. The second-order valence-corrected chi connectivity index (χ2v) is 8.27.